The van der Waals surface area contributed by atoms with Gasteiger partial charge in [0.25, 0.3) is 0 Å². The number of anilines is 1. The lowest BCUT2D eigenvalue weighted by Gasteiger charge is -2.21. The molecule has 1 aliphatic rings. The second kappa shape index (κ2) is 9.43. The SMILES string of the molecule is CN=C(NCc1cc(Cl)c(Cl)n1C)NCC1CCN(c2ccccc2OC)C1. The van der Waals surface area contributed by atoms with Crippen molar-refractivity contribution in [2.24, 2.45) is 18.0 Å². The number of rotatable bonds is 6. The van der Waals surface area contributed by atoms with Gasteiger partial charge in [-0.2, -0.15) is 0 Å². The predicted octanol–water partition coefficient (Wildman–Crippen LogP) is 3.53. The zero-order valence-electron chi connectivity index (χ0n) is 16.5. The van der Waals surface area contributed by atoms with Crippen LogP contribution in [0.4, 0.5) is 5.69 Å². The summed E-state index contributed by atoms with van der Waals surface area (Å²) >= 11 is 12.2. The molecule has 1 fully saturated rings. The van der Waals surface area contributed by atoms with Gasteiger partial charge in [-0.1, -0.05) is 35.3 Å². The number of hydrogen-bond donors (Lipinski definition) is 2. The van der Waals surface area contributed by atoms with Crippen LogP contribution in [0.2, 0.25) is 10.2 Å². The van der Waals surface area contributed by atoms with Gasteiger partial charge in [-0.3, -0.25) is 4.99 Å². The van der Waals surface area contributed by atoms with Crippen molar-refractivity contribution >= 4 is 34.8 Å². The molecule has 0 amide bonds. The van der Waals surface area contributed by atoms with Gasteiger partial charge in [0.05, 0.1) is 24.4 Å². The standard InChI is InChI=1S/C20H27Cl2N5O/c1-23-20(25-12-15-10-16(21)19(22)26(15)2)24-11-14-8-9-27(13-14)17-6-4-5-7-18(17)28-3/h4-7,10,14H,8-9,11-13H2,1-3H3,(H2,23,24,25). The number of nitrogens with one attached hydrogen (secondary N) is 2. The van der Waals surface area contributed by atoms with Gasteiger partial charge in [0.1, 0.15) is 10.9 Å². The number of nitrogens with zero attached hydrogens (tertiary/aromatic N) is 3. The minimum Gasteiger partial charge on any atom is -0.495 e. The summed E-state index contributed by atoms with van der Waals surface area (Å²) < 4.78 is 7.36. The van der Waals surface area contributed by atoms with Crippen LogP contribution in [0.5, 0.6) is 5.75 Å². The van der Waals surface area contributed by atoms with Gasteiger partial charge in [-0.05, 0) is 30.5 Å². The lowest BCUT2D eigenvalue weighted by molar-refractivity contribution is 0.414. The van der Waals surface area contributed by atoms with Gasteiger partial charge in [0.15, 0.2) is 5.96 Å². The van der Waals surface area contributed by atoms with E-state index in [0.717, 1.165) is 49.1 Å². The van der Waals surface area contributed by atoms with Gasteiger partial charge in [0, 0.05) is 39.4 Å². The fraction of sp³-hybridized carbons (Fsp3) is 0.450. The smallest absolute Gasteiger partial charge is 0.191 e. The first-order valence-corrected chi connectivity index (χ1v) is 10.1. The van der Waals surface area contributed by atoms with E-state index < -0.39 is 0 Å². The van der Waals surface area contributed by atoms with E-state index in [1.807, 2.05) is 29.8 Å². The van der Waals surface area contributed by atoms with E-state index in [1.54, 1.807) is 14.2 Å². The average molecular weight is 424 g/mol. The van der Waals surface area contributed by atoms with Crippen LogP contribution in [0.25, 0.3) is 0 Å². The minimum absolute atomic E-state index is 0.544. The summed E-state index contributed by atoms with van der Waals surface area (Å²) in [4.78, 5) is 6.70. The molecule has 28 heavy (non-hydrogen) atoms. The normalized spacial score (nSPS) is 17.1. The van der Waals surface area contributed by atoms with Crippen molar-refractivity contribution in [2.45, 2.75) is 13.0 Å². The molecule has 2 heterocycles. The lowest BCUT2D eigenvalue weighted by atomic mass is 10.1. The molecule has 1 aromatic heterocycles. The van der Waals surface area contributed by atoms with Crippen LogP contribution >= 0.6 is 23.2 Å². The molecule has 0 spiro atoms. The highest BCUT2D eigenvalue weighted by molar-refractivity contribution is 6.41. The molecular weight excluding hydrogens is 397 g/mol. The molecular formula is C20H27Cl2N5O. The number of aliphatic imine (C=N–C) groups is 1. The molecule has 1 aromatic carbocycles. The third-order valence-corrected chi connectivity index (χ3v) is 5.99. The molecule has 1 unspecified atom stereocenters. The van der Waals surface area contributed by atoms with Crippen molar-refractivity contribution in [1.82, 2.24) is 15.2 Å². The monoisotopic (exact) mass is 423 g/mol. The molecule has 8 heteroatoms. The van der Waals surface area contributed by atoms with Crippen molar-refractivity contribution in [2.75, 3.05) is 38.7 Å². The van der Waals surface area contributed by atoms with Crippen LogP contribution in [-0.4, -0.2) is 44.3 Å². The van der Waals surface area contributed by atoms with Crippen LogP contribution in [-0.2, 0) is 13.6 Å². The lowest BCUT2D eigenvalue weighted by Crippen LogP contribution is -2.40. The van der Waals surface area contributed by atoms with E-state index >= 15 is 0 Å². The maximum atomic E-state index is 6.12. The predicted molar refractivity (Wildman–Crippen MR) is 117 cm³/mol. The van der Waals surface area contributed by atoms with Crippen LogP contribution in [0, 0.1) is 5.92 Å². The van der Waals surface area contributed by atoms with Crippen molar-refractivity contribution in [1.29, 1.82) is 0 Å². The second-order valence-corrected chi connectivity index (χ2v) is 7.68. The largest absolute Gasteiger partial charge is 0.495 e. The number of benzene rings is 1. The first-order chi connectivity index (χ1) is 13.5. The van der Waals surface area contributed by atoms with E-state index in [9.17, 15) is 0 Å². The van der Waals surface area contributed by atoms with Gasteiger partial charge in [0.2, 0.25) is 0 Å². The van der Waals surface area contributed by atoms with Gasteiger partial charge < -0.3 is 24.8 Å². The topological polar surface area (TPSA) is 53.8 Å². The Bertz CT molecular complexity index is 836. The molecule has 0 bridgehead atoms. The van der Waals surface area contributed by atoms with Crippen LogP contribution in [0.1, 0.15) is 12.1 Å². The Morgan fingerprint density at radius 2 is 2.07 bits per heavy atom. The summed E-state index contributed by atoms with van der Waals surface area (Å²) in [5, 5.41) is 7.85. The summed E-state index contributed by atoms with van der Waals surface area (Å²) in [5.74, 6) is 2.24. The van der Waals surface area contributed by atoms with E-state index in [0.29, 0.717) is 22.6 Å². The molecule has 2 N–H and O–H groups in total. The molecule has 6 nitrogen and oxygen atoms in total. The summed E-state index contributed by atoms with van der Waals surface area (Å²) in [7, 11) is 5.39. The fourth-order valence-corrected chi connectivity index (χ4v) is 3.92. The highest BCUT2D eigenvalue weighted by Gasteiger charge is 2.24. The minimum atomic E-state index is 0.544. The van der Waals surface area contributed by atoms with Gasteiger partial charge in [-0.25, -0.2) is 0 Å². The summed E-state index contributed by atoms with van der Waals surface area (Å²) in [6.07, 6.45) is 1.13. The molecule has 1 atom stereocenters. The Hall–Kier alpha value is -2.05. The molecule has 0 radical (unpaired) electrons. The van der Waals surface area contributed by atoms with Gasteiger partial charge >= 0.3 is 0 Å². The Labute approximate surface area is 176 Å². The number of aromatic nitrogens is 1. The molecule has 0 aliphatic carbocycles. The van der Waals surface area contributed by atoms with Crippen molar-refractivity contribution in [3.05, 3.63) is 46.2 Å². The maximum absolute atomic E-state index is 6.12. The second-order valence-electron chi connectivity index (χ2n) is 6.91. The van der Waals surface area contributed by atoms with Gasteiger partial charge in [-0.15, -0.1) is 0 Å². The van der Waals surface area contributed by atoms with Crippen LogP contribution in [0.3, 0.4) is 0 Å². The fourth-order valence-electron chi connectivity index (χ4n) is 3.50. The van der Waals surface area contributed by atoms with Crippen molar-refractivity contribution in [3.8, 4) is 5.75 Å². The summed E-state index contributed by atoms with van der Waals surface area (Å²) in [5.41, 5.74) is 2.16. The Morgan fingerprint density at radius 3 is 2.75 bits per heavy atom. The van der Waals surface area contributed by atoms with Crippen LogP contribution in [0.15, 0.2) is 35.3 Å². The van der Waals surface area contributed by atoms with E-state index in [4.69, 9.17) is 27.9 Å². The number of halogens is 2. The van der Waals surface area contributed by atoms with Crippen molar-refractivity contribution < 1.29 is 4.74 Å². The van der Waals surface area contributed by atoms with Crippen molar-refractivity contribution in [3.63, 3.8) is 0 Å². The molecule has 152 valence electrons. The zero-order valence-corrected chi connectivity index (χ0v) is 18.0. The maximum Gasteiger partial charge on any atom is 0.191 e. The molecule has 2 aromatic rings. The number of para-hydroxylation sites is 2. The zero-order chi connectivity index (χ0) is 20.1. The quantitative estimate of drug-likeness (QED) is 0.550. The average Bonchev–Trinajstić information content (AvgIpc) is 3.28. The Morgan fingerprint density at radius 1 is 1.29 bits per heavy atom. The molecule has 0 saturated carbocycles. The first-order valence-electron chi connectivity index (χ1n) is 9.35. The highest BCUT2D eigenvalue weighted by atomic mass is 35.5. The number of methoxy groups -OCH3 is 1. The van der Waals surface area contributed by atoms with E-state index in [1.165, 1.54) is 0 Å². The molecule has 3 rings (SSSR count). The Kier molecular flexibility index (Phi) is 6.97. The molecule has 1 saturated heterocycles. The van der Waals surface area contributed by atoms with E-state index in [2.05, 4.69) is 32.7 Å². The molecule has 1 aliphatic heterocycles. The Balaban J connectivity index is 1.50. The van der Waals surface area contributed by atoms with Crippen LogP contribution < -0.4 is 20.3 Å². The summed E-state index contributed by atoms with van der Waals surface area (Å²) in [6, 6.07) is 10.0. The number of guanidine groups is 1. The van der Waals surface area contributed by atoms with E-state index in [-0.39, 0.29) is 0 Å². The first kappa shape index (κ1) is 20.7. The third-order valence-electron chi connectivity index (χ3n) is 5.15. The number of ether oxygens (including phenoxy) is 1. The third kappa shape index (κ3) is 4.67. The number of hydrogen-bond acceptors (Lipinski definition) is 3. The highest BCUT2D eigenvalue weighted by Crippen LogP contribution is 2.31. The summed E-state index contributed by atoms with van der Waals surface area (Å²) in [6.45, 7) is 3.48.